The molecule has 0 spiro atoms. The lowest BCUT2D eigenvalue weighted by molar-refractivity contribution is 0.0909. The van der Waals surface area contributed by atoms with E-state index < -0.39 is 5.91 Å². The fourth-order valence-electron chi connectivity index (χ4n) is 1.63. The molecule has 2 heterocycles. The molecule has 102 valence electrons. The van der Waals surface area contributed by atoms with Gasteiger partial charge in [-0.3, -0.25) is 10.2 Å². The SMILES string of the molecule is Cc1ncsc1CCOCc1ccoc1C(=O)NN. The number of nitrogens with one attached hydrogen (secondary N) is 1. The third-order valence-electron chi connectivity index (χ3n) is 2.66. The average molecular weight is 281 g/mol. The summed E-state index contributed by atoms with van der Waals surface area (Å²) >= 11 is 1.62. The van der Waals surface area contributed by atoms with Gasteiger partial charge in [-0.05, 0) is 13.0 Å². The van der Waals surface area contributed by atoms with E-state index in [1.54, 1.807) is 17.4 Å². The Bertz CT molecular complexity index is 550. The van der Waals surface area contributed by atoms with Crippen LogP contribution in [0.5, 0.6) is 0 Å². The highest BCUT2D eigenvalue weighted by Crippen LogP contribution is 2.14. The molecular weight excluding hydrogens is 266 g/mol. The van der Waals surface area contributed by atoms with E-state index in [1.165, 1.54) is 11.1 Å². The highest BCUT2D eigenvalue weighted by atomic mass is 32.1. The largest absolute Gasteiger partial charge is 0.459 e. The summed E-state index contributed by atoms with van der Waals surface area (Å²) in [5.74, 6) is 4.80. The molecule has 0 aromatic carbocycles. The Morgan fingerprint density at radius 2 is 2.47 bits per heavy atom. The first-order chi connectivity index (χ1) is 9.22. The fraction of sp³-hybridized carbons (Fsp3) is 0.333. The minimum Gasteiger partial charge on any atom is -0.459 e. The number of carbonyl (C=O) groups is 1. The third-order valence-corrected chi connectivity index (χ3v) is 3.65. The molecular formula is C12H15N3O3S. The number of nitrogens with two attached hydrogens (primary N) is 1. The number of rotatable bonds is 6. The lowest BCUT2D eigenvalue weighted by atomic mass is 10.2. The summed E-state index contributed by atoms with van der Waals surface area (Å²) in [4.78, 5) is 16.8. The van der Waals surface area contributed by atoms with Gasteiger partial charge in [0, 0.05) is 16.9 Å². The maximum absolute atomic E-state index is 11.4. The van der Waals surface area contributed by atoms with Crippen LogP contribution in [0.1, 0.15) is 26.7 Å². The second-order valence-corrected chi connectivity index (χ2v) is 4.85. The van der Waals surface area contributed by atoms with Gasteiger partial charge in [-0.25, -0.2) is 10.8 Å². The van der Waals surface area contributed by atoms with Crippen LogP contribution in [0, 0.1) is 6.92 Å². The second-order valence-electron chi connectivity index (χ2n) is 3.91. The summed E-state index contributed by atoms with van der Waals surface area (Å²) in [5.41, 5.74) is 5.58. The van der Waals surface area contributed by atoms with Crippen LogP contribution in [-0.4, -0.2) is 17.5 Å². The molecule has 2 rings (SSSR count). The van der Waals surface area contributed by atoms with Crippen molar-refractivity contribution in [2.45, 2.75) is 20.0 Å². The van der Waals surface area contributed by atoms with Crippen LogP contribution >= 0.6 is 11.3 Å². The van der Waals surface area contributed by atoms with Crippen molar-refractivity contribution in [2.24, 2.45) is 5.84 Å². The monoisotopic (exact) mass is 281 g/mol. The predicted molar refractivity (Wildman–Crippen MR) is 70.6 cm³/mol. The van der Waals surface area contributed by atoms with Crippen LogP contribution in [0.15, 0.2) is 22.3 Å². The summed E-state index contributed by atoms with van der Waals surface area (Å²) in [6.07, 6.45) is 2.25. The molecule has 1 amide bonds. The van der Waals surface area contributed by atoms with Gasteiger partial charge < -0.3 is 9.15 Å². The van der Waals surface area contributed by atoms with E-state index in [0.717, 1.165) is 12.1 Å². The van der Waals surface area contributed by atoms with Gasteiger partial charge >= 0.3 is 5.91 Å². The van der Waals surface area contributed by atoms with E-state index in [1.807, 2.05) is 17.9 Å². The predicted octanol–water partition coefficient (Wildman–Crippen LogP) is 1.41. The molecule has 0 bridgehead atoms. The molecule has 0 fully saturated rings. The zero-order valence-corrected chi connectivity index (χ0v) is 11.3. The number of furan rings is 1. The van der Waals surface area contributed by atoms with Gasteiger partial charge in [-0.2, -0.15) is 0 Å². The first-order valence-corrected chi connectivity index (χ1v) is 6.64. The van der Waals surface area contributed by atoms with Crippen molar-refractivity contribution in [1.82, 2.24) is 10.4 Å². The molecule has 2 aromatic rings. The number of hydrogen-bond acceptors (Lipinski definition) is 6. The van der Waals surface area contributed by atoms with Gasteiger partial charge in [0.25, 0.3) is 0 Å². The molecule has 0 aliphatic heterocycles. The molecule has 19 heavy (non-hydrogen) atoms. The van der Waals surface area contributed by atoms with Crippen molar-refractivity contribution in [3.8, 4) is 0 Å². The zero-order chi connectivity index (χ0) is 13.7. The number of nitrogen functional groups attached to an aromatic ring is 1. The second kappa shape index (κ2) is 6.46. The summed E-state index contributed by atoms with van der Waals surface area (Å²) in [6, 6.07) is 1.70. The van der Waals surface area contributed by atoms with Crippen LogP contribution < -0.4 is 11.3 Å². The number of ether oxygens (including phenoxy) is 1. The smallest absolute Gasteiger partial charge is 0.301 e. The molecule has 7 heteroatoms. The fourth-order valence-corrected chi connectivity index (χ4v) is 2.39. The number of aromatic nitrogens is 1. The Morgan fingerprint density at radius 3 is 3.16 bits per heavy atom. The van der Waals surface area contributed by atoms with Gasteiger partial charge in [0.15, 0.2) is 5.76 Å². The number of amides is 1. The van der Waals surface area contributed by atoms with Crippen LogP contribution in [0.4, 0.5) is 0 Å². The molecule has 2 aromatic heterocycles. The Labute approximate surface area is 114 Å². The lowest BCUT2D eigenvalue weighted by Gasteiger charge is -2.04. The summed E-state index contributed by atoms with van der Waals surface area (Å²) < 4.78 is 10.6. The van der Waals surface area contributed by atoms with Gasteiger partial charge in [0.05, 0.1) is 30.7 Å². The van der Waals surface area contributed by atoms with Gasteiger partial charge in [-0.15, -0.1) is 11.3 Å². The quantitative estimate of drug-likeness (QED) is 0.361. The van der Waals surface area contributed by atoms with E-state index in [0.29, 0.717) is 18.8 Å². The van der Waals surface area contributed by atoms with Crippen LogP contribution in [0.25, 0.3) is 0 Å². The van der Waals surface area contributed by atoms with Crippen molar-refractivity contribution in [2.75, 3.05) is 6.61 Å². The van der Waals surface area contributed by atoms with Crippen molar-refractivity contribution in [1.29, 1.82) is 0 Å². The Kier molecular flexibility index (Phi) is 4.67. The standard InChI is InChI=1S/C12H15N3O3S/c1-8-10(19-7-14-8)3-4-17-6-9-2-5-18-11(9)12(16)15-13/h2,5,7H,3-4,6,13H2,1H3,(H,15,16). The minimum atomic E-state index is -0.457. The van der Waals surface area contributed by atoms with Crippen LogP contribution in [0.2, 0.25) is 0 Å². The molecule has 0 unspecified atom stereocenters. The Balaban J connectivity index is 1.82. The number of hydrazine groups is 1. The van der Waals surface area contributed by atoms with Crippen LogP contribution in [-0.2, 0) is 17.8 Å². The lowest BCUT2D eigenvalue weighted by Crippen LogP contribution is -2.30. The minimum absolute atomic E-state index is 0.191. The van der Waals surface area contributed by atoms with E-state index in [2.05, 4.69) is 4.98 Å². The third kappa shape index (κ3) is 3.40. The van der Waals surface area contributed by atoms with Crippen molar-refractivity contribution in [3.63, 3.8) is 0 Å². The van der Waals surface area contributed by atoms with E-state index in [9.17, 15) is 4.79 Å². The average Bonchev–Trinajstić information content (AvgIpc) is 3.03. The Hall–Kier alpha value is -1.70. The molecule has 6 nitrogen and oxygen atoms in total. The highest BCUT2D eigenvalue weighted by Gasteiger charge is 2.14. The molecule has 0 saturated carbocycles. The first-order valence-electron chi connectivity index (χ1n) is 5.76. The number of thiazole rings is 1. The highest BCUT2D eigenvalue weighted by molar-refractivity contribution is 7.09. The van der Waals surface area contributed by atoms with E-state index in [4.69, 9.17) is 15.0 Å². The normalized spacial score (nSPS) is 10.6. The maximum atomic E-state index is 11.4. The molecule has 0 atom stereocenters. The molecule has 0 aliphatic rings. The van der Waals surface area contributed by atoms with Gasteiger partial charge in [0.1, 0.15) is 0 Å². The summed E-state index contributed by atoms with van der Waals surface area (Å²) in [5, 5.41) is 0. The van der Waals surface area contributed by atoms with E-state index >= 15 is 0 Å². The Morgan fingerprint density at radius 1 is 1.63 bits per heavy atom. The molecule has 3 N–H and O–H groups in total. The van der Waals surface area contributed by atoms with Gasteiger partial charge in [0.2, 0.25) is 0 Å². The van der Waals surface area contributed by atoms with Crippen molar-refractivity contribution < 1.29 is 13.9 Å². The van der Waals surface area contributed by atoms with Crippen molar-refractivity contribution in [3.05, 3.63) is 39.7 Å². The van der Waals surface area contributed by atoms with Crippen molar-refractivity contribution >= 4 is 17.2 Å². The molecule has 0 radical (unpaired) electrons. The van der Waals surface area contributed by atoms with Gasteiger partial charge in [-0.1, -0.05) is 0 Å². The topological polar surface area (TPSA) is 90.4 Å². The summed E-state index contributed by atoms with van der Waals surface area (Å²) in [7, 11) is 0. The number of nitrogens with zero attached hydrogens (tertiary/aromatic N) is 1. The zero-order valence-electron chi connectivity index (χ0n) is 10.5. The summed E-state index contributed by atoms with van der Waals surface area (Å²) in [6.45, 7) is 2.86. The maximum Gasteiger partial charge on any atom is 0.301 e. The molecule has 0 aliphatic carbocycles. The molecule has 0 saturated heterocycles. The number of carbonyl (C=O) groups excluding carboxylic acids is 1. The number of aryl methyl sites for hydroxylation is 1. The number of hydrogen-bond donors (Lipinski definition) is 2. The van der Waals surface area contributed by atoms with E-state index in [-0.39, 0.29) is 5.76 Å². The van der Waals surface area contributed by atoms with Crippen LogP contribution in [0.3, 0.4) is 0 Å². The first kappa shape index (κ1) is 13.7.